The van der Waals surface area contributed by atoms with E-state index in [4.69, 9.17) is 0 Å². The number of fused-ring (bicyclic) bond motifs is 1. The molecule has 4 aromatic rings. The highest BCUT2D eigenvalue weighted by atomic mass is 19.1. The second-order valence-corrected chi connectivity index (χ2v) is 5.04. The van der Waals surface area contributed by atoms with E-state index in [2.05, 4.69) is 9.97 Å². The summed E-state index contributed by atoms with van der Waals surface area (Å²) in [4.78, 5) is 8.52. The van der Waals surface area contributed by atoms with Gasteiger partial charge in [0.25, 0.3) is 0 Å². The van der Waals surface area contributed by atoms with Gasteiger partial charge in [-0.15, -0.1) is 0 Å². The van der Waals surface area contributed by atoms with Crippen LogP contribution in [0.3, 0.4) is 0 Å². The summed E-state index contributed by atoms with van der Waals surface area (Å²) in [5.41, 5.74) is 4.85. The normalized spacial score (nSPS) is 11.0. The summed E-state index contributed by atoms with van der Waals surface area (Å²) in [6.45, 7) is 0. The van der Waals surface area contributed by atoms with E-state index in [9.17, 15) is 4.39 Å². The zero-order chi connectivity index (χ0) is 14.9. The maximum atomic E-state index is 13.2. The third-order valence-electron chi connectivity index (χ3n) is 3.66. The molecule has 0 fully saturated rings. The molecule has 0 atom stereocenters. The number of halogens is 1. The maximum Gasteiger partial charge on any atom is 0.137 e. The van der Waals surface area contributed by atoms with Gasteiger partial charge in [0.2, 0.25) is 0 Å². The van der Waals surface area contributed by atoms with Crippen LogP contribution in [0.15, 0.2) is 73.4 Å². The molecule has 22 heavy (non-hydrogen) atoms. The van der Waals surface area contributed by atoms with Gasteiger partial charge in [-0.25, -0.2) is 9.37 Å². The van der Waals surface area contributed by atoms with Crippen molar-refractivity contribution < 1.29 is 4.39 Å². The highest BCUT2D eigenvalue weighted by Crippen LogP contribution is 2.32. The average molecular weight is 289 g/mol. The number of benzene rings is 1. The van der Waals surface area contributed by atoms with Crippen LogP contribution >= 0.6 is 0 Å². The van der Waals surface area contributed by atoms with Crippen LogP contribution in [0.4, 0.5) is 4.39 Å². The Balaban J connectivity index is 2.00. The lowest BCUT2D eigenvalue weighted by atomic mass is 9.97. The van der Waals surface area contributed by atoms with E-state index in [-0.39, 0.29) is 5.82 Å². The highest BCUT2D eigenvalue weighted by Gasteiger charge is 2.10. The van der Waals surface area contributed by atoms with E-state index in [1.165, 1.54) is 12.1 Å². The topological polar surface area (TPSA) is 30.2 Å². The fourth-order valence-corrected chi connectivity index (χ4v) is 2.58. The Bertz CT molecular complexity index is 928. The van der Waals surface area contributed by atoms with Gasteiger partial charge in [-0.2, -0.15) is 0 Å². The predicted molar refractivity (Wildman–Crippen MR) is 83.8 cm³/mol. The molecule has 3 aromatic heterocycles. The van der Waals surface area contributed by atoms with Crippen molar-refractivity contribution in [3.63, 3.8) is 0 Å². The standard InChI is InChI=1S/C18H12FN3/c19-15-5-3-13(4-6-15)16-10-18-21-8-9-22(18)12-17(16)14-2-1-7-20-11-14/h1-12H. The molecule has 0 aliphatic rings. The van der Waals surface area contributed by atoms with Crippen molar-refractivity contribution in [2.24, 2.45) is 0 Å². The average Bonchev–Trinajstić information content (AvgIpc) is 3.03. The van der Waals surface area contributed by atoms with Crippen LogP contribution in [-0.4, -0.2) is 14.4 Å². The number of pyridine rings is 2. The van der Waals surface area contributed by atoms with E-state index in [0.29, 0.717) is 0 Å². The molecular weight excluding hydrogens is 277 g/mol. The first-order chi connectivity index (χ1) is 10.8. The molecule has 0 N–H and O–H groups in total. The number of rotatable bonds is 2. The predicted octanol–water partition coefficient (Wildman–Crippen LogP) is 4.20. The van der Waals surface area contributed by atoms with Crippen LogP contribution in [0.2, 0.25) is 0 Å². The summed E-state index contributed by atoms with van der Waals surface area (Å²) in [6, 6.07) is 12.4. The van der Waals surface area contributed by atoms with Gasteiger partial charge in [-0.3, -0.25) is 4.98 Å². The second-order valence-electron chi connectivity index (χ2n) is 5.04. The van der Waals surface area contributed by atoms with Crippen molar-refractivity contribution in [2.45, 2.75) is 0 Å². The Kier molecular flexibility index (Phi) is 2.93. The van der Waals surface area contributed by atoms with Gasteiger partial charge in [0.1, 0.15) is 11.5 Å². The summed E-state index contributed by atoms with van der Waals surface area (Å²) >= 11 is 0. The third-order valence-corrected chi connectivity index (χ3v) is 3.66. The summed E-state index contributed by atoms with van der Waals surface area (Å²) in [5, 5.41) is 0. The molecule has 0 saturated carbocycles. The third kappa shape index (κ3) is 2.15. The number of imidazole rings is 1. The minimum atomic E-state index is -0.242. The Labute approximate surface area is 126 Å². The number of aromatic nitrogens is 3. The summed E-state index contributed by atoms with van der Waals surface area (Å²) < 4.78 is 15.2. The van der Waals surface area contributed by atoms with Gasteiger partial charge >= 0.3 is 0 Å². The Morgan fingerprint density at radius 3 is 2.55 bits per heavy atom. The van der Waals surface area contributed by atoms with E-state index in [1.54, 1.807) is 24.5 Å². The molecule has 0 amide bonds. The highest BCUT2D eigenvalue weighted by molar-refractivity contribution is 5.84. The van der Waals surface area contributed by atoms with Crippen LogP contribution in [0.1, 0.15) is 0 Å². The maximum absolute atomic E-state index is 13.2. The van der Waals surface area contributed by atoms with Crippen LogP contribution < -0.4 is 0 Å². The van der Waals surface area contributed by atoms with Gasteiger partial charge in [-0.05, 0) is 35.4 Å². The molecule has 0 radical (unpaired) electrons. The van der Waals surface area contributed by atoms with E-state index >= 15 is 0 Å². The molecular formula is C18H12FN3. The van der Waals surface area contributed by atoms with Crippen LogP contribution in [-0.2, 0) is 0 Å². The molecule has 3 heterocycles. The van der Waals surface area contributed by atoms with Crippen molar-refractivity contribution in [1.82, 2.24) is 14.4 Å². The summed E-state index contributed by atoms with van der Waals surface area (Å²) in [6.07, 6.45) is 9.26. The molecule has 4 heteroatoms. The second kappa shape index (κ2) is 5.07. The van der Waals surface area contributed by atoms with Gasteiger partial charge in [0, 0.05) is 42.1 Å². The lowest BCUT2D eigenvalue weighted by molar-refractivity contribution is 0.628. The first-order valence-corrected chi connectivity index (χ1v) is 6.94. The van der Waals surface area contributed by atoms with Gasteiger partial charge in [0.05, 0.1) is 0 Å². The molecule has 0 bridgehead atoms. The van der Waals surface area contributed by atoms with Crippen molar-refractivity contribution >= 4 is 5.65 Å². The number of hydrogen-bond acceptors (Lipinski definition) is 2. The van der Waals surface area contributed by atoms with Crippen LogP contribution in [0, 0.1) is 5.82 Å². The number of nitrogens with zero attached hydrogens (tertiary/aromatic N) is 3. The van der Waals surface area contributed by atoms with Crippen molar-refractivity contribution in [2.75, 3.05) is 0 Å². The quantitative estimate of drug-likeness (QED) is 0.553. The first-order valence-electron chi connectivity index (χ1n) is 6.94. The molecule has 0 aliphatic carbocycles. The van der Waals surface area contributed by atoms with E-state index in [0.717, 1.165) is 27.9 Å². The Hall–Kier alpha value is -3.01. The smallest absolute Gasteiger partial charge is 0.137 e. The first kappa shape index (κ1) is 12.7. The molecule has 0 unspecified atom stereocenters. The fraction of sp³-hybridized carbons (Fsp3) is 0. The molecule has 0 saturated heterocycles. The van der Waals surface area contributed by atoms with Gasteiger partial charge in [0.15, 0.2) is 0 Å². The molecule has 3 nitrogen and oxygen atoms in total. The molecule has 4 rings (SSSR count). The van der Waals surface area contributed by atoms with Crippen molar-refractivity contribution in [1.29, 1.82) is 0 Å². The minimum Gasteiger partial charge on any atom is -0.306 e. The number of hydrogen-bond donors (Lipinski definition) is 0. The molecule has 0 aliphatic heterocycles. The van der Waals surface area contributed by atoms with Gasteiger partial charge in [-0.1, -0.05) is 18.2 Å². The SMILES string of the molecule is Fc1ccc(-c2cc3nccn3cc2-c2cccnc2)cc1. The van der Waals surface area contributed by atoms with E-state index < -0.39 is 0 Å². The molecule has 0 spiro atoms. The zero-order valence-corrected chi connectivity index (χ0v) is 11.6. The lowest BCUT2D eigenvalue weighted by Gasteiger charge is -2.11. The van der Waals surface area contributed by atoms with Crippen molar-refractivity contribution in [3.05, 3.63) is 79.3 Å². The monoisotopic (exact) mass is 289 g/mol. The largest absolute Gasteiger partial charge is 0.306 e. The Morgan fingerprint density at radius 1 is 0.909 bits per heavy atom. The summed E-state index contributed by atoms with van der Waals surface area (Å²) in [7, 11) is 0. The van der Waals surface area contributed by atoms with Crippen LogP contribution in [0.25, 0.3) is 27.9 Å². The molecule has 106 valence electrons. The summed E-state index contributed by atoms with van der Waals surface area (Å²) in [5.74, 6) is -0.242. The lowest BCUT2D eigenvalue weighted by Crippen LogP contribution is -1.92. The Morgan fingerprint density at radius 2 is 1.77 bits per heavy atom. The minimum absolute atomic E-state index is 0.242. The van der Waals surface area contributed by atoms with Crippen LogP contribution in [0.5, 0.6) is 0 Å². The zero-order valence-electron chi connectivity index (χ0n) is 11.6. The van der Waals surface area contributed by atoms with Crippen molar-refractivity contribution in [3.8, 4) is 22.3 Å². The molecule has 1 aromatic carbocycles. The van der Waals surface area contributed by atoms with E-state index in [1.807, 2.05) is 41.2 Å². The van der Waals surface area contributed by atoms with Gasteiger partial charge < -0.3 is 4.40 Å². The fourth-order valence-electron chi connectivity index (χ4n) is 2.58.